The molecule has 0 bridgehead atoms. The van der Waals surface area contributed by atoms with Crippen LogP contribution >= 0.6 is 0 Å². The molecule has 0 aromatic heterocycles. The van der Waals surface area contributed by atoms with E-state index in [1.54, 1.807) is 7.11 Å². The maximum atomic E-state index is 11.8. The molecule has 20 heavy (non-hydrogen) atoms. The van der Waals surface area contributed by atoms with E-state index in [2.05, 4.69) is 10.6 Å². The Morgan fingerprint density at radius 3 is 2.95 bits per heavy atom. The van der Waals surface area contributed by atoms with E-state index >= 15 is 0 Å². The summed E-state index contributed by atoms with van der Waals surface area (Å²) in [4.78, 5) is 11.8. The topological polar surface area (TPSA) is 70.6 Å². The first-order chi connectivity index (χ1) is 9.70. The Kier molecular flexibility index (Phi) is 5.38. The third-order valence-corrected chi connectivity index (χ3v) is 3.68. The Morgan fingerprint density at radius 1 is 1.45 bits per heavy atom. The molecule has 2 atom stereocenters. The van der Waals surface area contributed by atoms with Crippen LogP contribution in [0.1, 0.15) is 12.0 Å². The van der Waals surface area contributed by atoms with Gasteiger partial charge in [0.05, 0.1) is 13.2 Å². The van der Waals surface area contributed by atoms with Gasteiger partial charge in [-0.3, -0.25) is 4.79 Å². The SMILES string of the molecule is COc1ccccc1CCC(=O)NCC1CNCC1O. The molecule has 3 N–H and O–H groups in total. The molecular weight excluding hydrogens is 256 g/mol. The van der Waals surface area contributed by atoms with E-state index in [0.29, 0.717) is 25.9 Å². The highest BCUT2D eigenvalue weighted by Crippen LogP contribution is 2.18. The molecule has 5 nitrogen and oxygen atoms in total. The summed E-state index contributed by atoms with van der Waals surface area (Å²) < 4.78 is 5.26. The van der Waals surface area contributed by atoms with Crippen molar-refractivity contribution in [3.05, 3.63) is 29.8 Å². The maximum absolute atomic E-state index is 11.8. The first-order valence-corrected chi connectivity index (χ1v) is 6.98. The number of hydrogen-bond donors (Lipinski definition) is 3. The summed E-state index contributed by atoms with van der Waals surface area (Å²) >= 11 is 0. The van der Waals surface area contributed by atoms with Crippen LogP contribution < -0.4 is 15.4 Å². The number of para-hydroxylation sites is 1. The number of hydrogen-bond acceptors (Lipinski definition) is 4. The number of rotatable bonds is 6. The molecule has 1 fully saturated rings. The van der Waals surface area contributed by atoms with Crippen molar-refractivity contribution < 1.29 is 14.6 Å². The molecule has 1 aromatic carbocycles. The number of ether oxygens (including phenoxy) is 1. The minimum atomic E-state index is -0.357. The number of aliphatic hydroxyl groups excluding tert-OH is 1. The van der Waals surface area contributed by atoms with E-state index in [4.69, 9.17) is 4.74 Å². The van der Waals surface area contributed by atoms with Gasteiger partial charge in [0, 0.05) is 32.0 Å². The van der Waals surface area contributed by atoms with E-state index in [-0.39, 0.29) is 17.9 Å². The molecule has 2 unspecified atom stereocenters. The Morgan fingerprint density at radius 2 is 2.25 bits per heavy atom. The molecule has 1 amide bonds. The van der Waals surface area contributed by atoms with Crippen molar-refractivity contribution in [1.29, 1.82) is 0 Å². The van der Waals surface area contributed by atoms with E-state index in [9.17, 15) is 9.90 Å². The Hall–Kier alpha value is -1.59. The van der Waals surface area contributed by atoms with Crippen molar-refractivity contribution in [1.82, 2.24) is 10.6 Å². The van der Waals surface area contributed by atoms with Crippen LogP contribution in [0.3, 0.4) is 0 Å². The Bertz CT molecular complexity index is 450. The van der Waals surface area contributed by atoms with Gasteiger partial charge >= 0.3 is 0 Å². The van der Waals surface area contributed by atoms with Crippen LogP contribution in [0.2, 0.25) is 0 Å². The number of amides is 1. The molecule has 0 radical (unpaired) electrons. The van der Waals surface area contributed by atoms with Gasteiger partial charge in [-0.05, 0) is 18.1 Å². The Balaban J connectivity index is 1.74. The summed E-state index contributed by atoms with van der Waals surface area (Å²) in [7, 11) is 1.63. The van der Waals surface area contributed by atoms with Gasteiger partial charge in [-0.25, -0.2) is 0 Å². The molecule has 5 heteroatoms. The Labute approximate surface area is 119 Å². The molecule has 1 aliphatic rings. The lowest BCUT2D eigenvalue weighted by Gasteiger charge is -2.14. The predicted octanol–water partition coefficient (Wildman–Crippen LogP) is 0.324. The largest absolute Gasteiger partial charge is 0.496 e. The fourth-order valence-electron chi connectivity index (χ4n) is 2.42. The number of nitrogens with one attached hydrogen (secondary N) is 2. The van der Waals surface area contributed by atoms with Gasteiger partial charge in [-0.15, -0.1) is 0 Å². The number of carbonyl (C=O) groups excluding carboxylic acids is 1. The third-order valence-electron chi connectivity index (χ3n) is 3.68. The average molecular weight is 278 g/mol. The normalized spacial score (nSPS) is 21.7. The van der Waals surface area contributed by atoms with E-state index in [1.165, 1.54) is 0 Å². The van der Waals surface area contributed by atoms with Crippen molar-refractivity contribution in [2.24, 2.45) is 5.92 Å². The molecule has 2 rings (SSSR count). The number of aryl methyl sites for hydroxylation is 1. The van der Waals surface area contributed by atoms with Gasteiger partial charge in [0.2, 0.25) is 5.91 Å². The lowest BCUT2D eigenvalue weighted by atomic mass is 10.1. The molecule has 0 aliphatic carbocycles. The monoisotopic (exact) mass is 278 g/mol. The fourth-order valence-corrected chi connectivity index (χ4v) is 2.42. The van der Waals surface area contributed by atoms with Gasteiger partial charge in [0.1, 0.15) is 5.75 Å². The number of benzene rings is 1. The summed E-state index contributed by atoms with van der Waals surface area (Å²) in [5, 5.41) is 15.6. The number of β-amino-alcohol motifs (C(OH)–C–C–N with tert-alkyl or cyclic N) is 1. The average Bonchev–Trinajstić information content (AvgIpc) is 2.88. The molecule has 110 valence electrons. The lowest BCUT2D eigenvalue weighted by molar-refractivity contribution is -0.121. The first kappa shape index (κ1) is 14.8. The van der Waals surface area contributed by atoms with Crippen LogP contribution in [0.5, 0.6) is 5.75 Å². The molecule has 1 aliphatic heterocycles. The lowest BCUT2D eigenvalue weighted by Crippen LogP contribution is -2.34. The molecule has 0 spiro atoms. The summed E-state index contributed by atoms with van der Waals surface area (Å²) in [6.45, 7) is 1.90. The quantitative estimate of drug-likeness (QED) is 0.701. The highest BCUT2D eigenvalue weighted by molar-refractivity contribution is 5.76. The van der Waals surface area contributed by atoms with Crippen molar-refractivity contribution in [2.45, 2.75) is 18.9 Å². The predicted molar refractivity (Wildman–Crippen MR) is 76.7 cm³/mol. The zero-order chi connectivity index (χ0) is 14.4. The second kappa shape index (κ2) is 7.26. The number of aliphatic hydroxyl groups is 1. The van der Waals surface area contributed by atoms with E-state index in [1.807, 2.05) is 24.3 Å². The van der Waals surface area contributed by atoms with Crippen LogP contribution in [0.15, 0.2) is 24.3 Å². The number of methoxy groups -OCH3 is 1. The van der Waals surface area contributed by atoms with Gasteiger partial charge in [-0.1, -0.05) is 18.2 Å². The summed E-state index contributed by atoms with van der Waals surface area (Å²) in [5.41, 5.74) is 1.03. The second-order valence-corrected chi connectivity index (χ2v) is 5.10. The van der Waals surface area contributed by atoms with Crippen molar-refractivity contribution >= 4 is 5.91 Å². The third kappa shape index (κ3) is 3.95. The summed E-state index contributed by atoms with van der Waals surface area (Å²) in [6.07, 6.45) is 0.724. The van der Waals surface area contributed by atoms with Crippen molar-refractivity contribution in [2.75, 3.05) is 26.7 Å². The maximum Gasteiger partial charge on any atom is 0.220 e. The van der Waals surface area contributed by atoms with Gasteiger partial charge in [0.25, 0.3) is 0 Å². The smallest absolute Gasteiger partial charge is 0.220 e. The van der Waals surface area contributed by atoms with E-state index in [0.717, 1.165) is 17.9 Å². The van der Waals surface area contributed by atoms with Gasteiger partial charge in [-0.2, -0.15) is 0 Å². The van der Waals surface area contributed by atoms with Crippen LogP contribution in [-0.2, 0) is 11.2 Å². The molecule has 1 heterocycles. The second-order valence-electron chi connectivity index (χ2n) is 5.10. The van der Waals surface area contributed by atoms with Gasteiger partial charge < -0.3 is 20.5 Å². The molecule has 0 saturated carbocycles. The highest BCUT2D eigenvalue weighted by atomic mass is 16.5. The van der Waals surface area contributed by atoms with Crippen LogP contribution in [0, 0.1) is 5.92 Å². The van der Waals surface area contributed by atoms with Crippen LogP contribution in [-0.4, -0.2) is 43.9 Å². The summed E-state index contributed by atoms with van der Waals surface area (Å²) in [6, 6.07) is 7.72. The zero-order valence-electron chi connectivity index (χ0n) is 11.8. The molecular formula is C15H22N2O3. The van der Waals surface area contributed by atoms with Crippen LogP contribution in [0.4, 0.5) is 0 Å². The zero-order valence-corrected chi connectivity index (χ0v) is 11.8. The number of carbonyl (C=O) groups is 1. The molecule has 1 aromatic rings. The minimum absolute atomic E-state index is 0.00926. The van der Waals surface area contributed by atoms with E-state index < -0.39 is 0 Å². The van der Waals surface area contributed by atoms with Gasteiger partial charge in [0.15, 0.2) is 0 Å². The van der Waals surface area contributed by atoms with Crippen LogP contribution in [0.25, 0.3) is 0 Å². The first-order valence-electron chi connectivity index (χ1n) is 6.98. The highest BCUT2D eigenvalue weighted by Gasteiger charge is 2.24. The summed E-state index contributed by atoms with van der Waals surface area (Å²) in [5.74, 6) is 0.941. The molecule has 1 saturated heterocycles. The van der Waals surface area contributed by atoms with Crippen molar-refractivity contribution in [3.63, 3.8) is 0 Å². The standard InChI is InChI=1S/C15H22N2O3/c1-20-14-5-3-2-4-11(14)6-7-15(19)17-9-12-8-16-10-13(12)18/h2-5,12-13,16,18H,6-10H2,1H3,(H,17,19). The van der Waals surface area contributed by atoms with Crippen molar-refractivity contribution in [3.8, 4) is 5.75 Å². The minimum Gasteiger partial charge on any atom is -0.496 e. The fraction of sp³-hybridized carbons (Fsp3) is 0.533.